The zero-order chi connectivity index (χ0) is 18.2. The third-order valence-corrected chi connectivity index (χ3v) is 4.70. The molecule has 0 saturated carbocycles. The molecule has 0 aromatic rings. The van der Waals surface area contributed by atoms with Gasteiger partial charge in [0.25, 0.3) is 5.91 Å². The van der Waals surface area contributed by atoms with Gasteiger partial charge in [0.15, 0.2) is 0 Å². The van der Waals surface area contributed by atoms with Gasteiger partial charge in [-0.25, -0.2) is 4.79 Å². The average Bonchev–Trinajstić information content (AvgIpc) is 2.79. The maximum absolute atomic E-state index is 12.3. The van der Waals surface area contributed by atoms with Crippen LogP contribution in [0.4, 0.5) is 4.79 Å². The van der Waals surface area contributed by atoms with Crippen LogP contribution in [0.5, 0.6) is 0 Å². The lowest BCUT2D eigenvalue weighted by molar-refractivity contribution is -0.121. The topological polar surface area (TPSA) is 165 Å². The zero-order valence-electron chi connectivity index (χ0n) is 13.2. The van der Waals surface area contributed by atoms with Gasteiger partial charge in [-0.15, -0.1) is 4.28 Å². The van der Waals surface area contributed by atoms with Crippen LogP contribution in [0.3, 0.4) is 0 Å². The summed E-state index contributed by atoms with van der Waals surface area (Å²) >= 11 is 0. The van der Waals surface area contributed by atoms with Gasteiger partial charge >= 0.3 is 16.4 Å². The minimum Gasteiger partial charge on any atom is -0.311 e. The number of nitrogens with one attached hydrogen (secondary N) is 2. The fourth-order valence-corrected chi connectivity index (χ4v) is 3.57. The van der Waals surface area contributed by atoms with Crippen LogP contribution < -0.4 is 5.32 Å². The smallest absolute Gasteiger partial charge is 0.311 e. The quantitative estimate of drug-likeness (QED) is 0.347. The van der Waals surface area contributed by atoms with E-state index in [-0.39, 0.29) is 12.4 Å². The first kappa shape index (κ1) is 17.7. The van der Waals surface area contributed by atoms with Crippen molar-refractivity contribution in [2.75, 3.05) is 13.1 Å². The number of azo groups is 1. The number of piperidine rings is 1. The van der Waals surface area contributed by atoms with E-state index in [0.29, 0.717) is 30.9 Å². The molecule has 3 N–H and O–H groups in total. The number of amidine groups is 1. The molecular formula is C12H18N6O6S. The molecule has 3 rings (SSSR count). The van der Waals surface area contributed by atoms with E-state index in [4.69, 9.17) is 9.96 Å². The van der Waals surface area contributed by atoms with Crippen LogP contribution in [-0.4, -0.2) is 71.9 Å². The first-order valence-electron chi connectivity index (χ1n) is 7.79. The van der Waals surface area contributed by atoms with Crippen LogP contribution in [-0.2, 0) is 19.5 Å². The normalized spacial score (nSPS) is 29.0. The number of amides is 3. The summed E-state index contributed by atoms with van der Waals surface area (Å²) < 4.78 is 34.8. The monoisotopic (exact) mass is 374 g/mol. The summed E-state index contributed by atoms with van der Waals surface area (Å²) in [5.41, 5.74) is 0. The largest absolute Gasteiger partial charge is 0.418 e. The van der Waals surface area contributed by atoms with Crippen molar-refractivity contribution in [2.45, 2.75) is 43.8 Å². The van der Waals surface area contributed by atoms with Crippen molar-refractivity contribution in [3.8, 4) is 0 Å². The van der Waals surface area contributed by atoms with Crippen LogP contribution in [0, 0.1) is 5.41 Å². The van der Waals surface area contributed by atoms with Gasteiger partial charge in [-0.05, 0) is 25.7 Å². The first-order chi connectivity index (χ1) is 11.8. The molecule has 0 aromatic carbocycles. The molecule has 0 aliphatic carbocycles. The molecule has 2 saturated heterocycles. The van der Waals surface area contributed by atoms with Gasteiger partial charge < -0.3 is 10.2 Å². The summed E-state index contributed by atoms with van der Waals surface area (Å²) in [7, 11) is -4.82. The van der Waals surface area contributed by atoms with Gasteiger partial charge in [0.2, 0.25) is 0 Å². The highest BCUT2D eigenvalue weighted by Crippen LogP contribution is 2.30. The van der Waals surface area contributed by atoms with Crippen molar-refractivity contribution in [1.29, 1.82) is 5.41 Å². The minimum absolute atomic E-state index is 0.139. The number of nitrogens with zero attached hydrogens (tertiary/aromatic N) is 4. The molecular weight excluding hydrogens is 356 g/mol. The molecule has 3 heterocycles. The molecule has 12 nitrogen and oxygen atoms in total. The number of hydrogen-bond donors (Lipinski definition) is 3. The minimum atomic E-state index is -4.82. The second-order valence-corrected chi connectivity index (χ2v) is 7.06. The number of carbonyl (C=O) groups is 2. The summed E-state index contributed by atoms with van der Waals surface area (Å²) in [4.78, 5) is 25.6. The highest BCUT2D eigenvalue weighted by Gasteiger charge is 2.48. The Morgan fingerprint density at radius 2 is 2.12 bits per heavy atom. The zero-order valence-corrected chi connectivity index (χ0v) is 14.0. The van der Waals surface area contributed by atoms with E-state index in [1.54, 1.807) is 0 Å². The van der Waals surface area contributed by atoms with Crippen LogP contribution >= 0.6 is 0 Å². The van der Waals surface area contributed by atoms with Crippen LogP contribution in [0.25, 0.3) is 0 Å². The third-order valence-electron chi connectivity index (χ3n) is 4.35. The summed E-state index contributed by atoms with van der Waals surface area (Å²) in [5.74, 6) is -0.612. The predicted molar refractivity (Wildman–Crippen MR) is 82.0 cm³/mol. The van der Waals surface area contributed by atoms with Crippen molar-refractivity contribution >= 4 is 28.2 Å². The molecule has 2 fully saturated rings. The average molecular weight is 374 g/mol. The summed E-state index contributed by atoms with van der Waals surface area (Å²) in [6.45, 7) is 0.720. The van der Waals surface area contributed by atoms with Crippen molar-refractivity contribution in [1.82, 2.24) is 15.3 Å². The van der Waals surface area contributed by atoms with E-state index < -0.39 is 40.5 Å². The van der Waals surface area contributed by atoms with E-state index in [0.717, 1.165) is 6.42 Å². The number of urea groups is 1. The summed E-state index contributed by atoms with van der Waals surface area (Å²) in [6.07, 6.45) is 2.01. The van der Waals surface area contributed by atoms with Crippen LogP contribution in [0.15, 0.2) is 10.2 Å². The lowest BCUT2D eigenvalue weighted by atomic mass is 9.99. The molecule has 3 atom stereocenters. The number of hydroxylamine groups is 2. The maximum atomic E-state index is 12.3. The second kappa shape index (κ2) is 6.65. The lowest BCUT2D eigenvalue weighted by Crippen LogP contribution is -2.52. The lowest BCUT2D eigenvalue weighted by Gasteiger charge is -2.31. The Bertz CT molecular complexity index is 724. The molecule has 138 valence electrons. The second-order valence-electron chi connectivity index (χ2n) is 6.05. The van der Waals surface area contributed by atoms with Gasteiger partial charge in [0.05, 0.1) is 18.6 Å². The number of fused-ring (bicyclic) bond motifs is 2. The molecule has 3 aliphatic heterocycles. The van der Waals surface area contributed by atoms with Crippen molar-refractivity contribution in [3.63, 3.8) is 0 Å². The Balaban J connectivity index is 1.65. The van der Waals surface area contributed by atoms with Gasteiger partial charge in [-0.1, -0.05) is 0 Å². The van der Waals surface area contributed by atoms with Crippen LogP contribution in [0.1, 0.15) is 25.7 Å². The Labute approximate surface area is 143 Å². The summed E-state index contributed by atoms with van der Waals surface area (Å²) in [6, 6.07) is -2.66. The number of carbonyl (C=O) groups excluding carboxylic acids is 2. The SMILES string of the molecule is N=C(NC(=O)C1CCCN=N1)C1CCC2CN1C(=O)N2OS(=O)(=O)O. The fourth-order valence-electron chi connectivity index (χ4n) is 3.18. The van der Waals surface area contributed by atoms with Gasteiger partial charge in [-0.2, -0.15) is 23.7 Å². The number of hydrogen-bond acceptors (Lipinski definition) is 8. The van der Waals surface area contributed by atoms with Crippen molar-refractivity contribution in [2.24, 2.45) is 10.2 Å². The third kappa shape index (κ3) is 3.77. The van der Waals surface area contributed by atoms with Gasteiger partial charge in [-0.3, -0.25) is 14.8 Å². The van der Waals surface area contributed by atoms with E-state index in [1.165, 1.54) is 4.90 Å². The number of rotatable bonds is 4. The molecule has 13 heteroatoms. The van der Waals surface area contributed by atoms with Gasteiger partial charge in [0.1, 0.15) is 11.9 Å². The van der Waals surface area contributed by atoms with E-state index >= 15 is 0 Å². The van der Waals surface area contributed by atoms with Gasteiger partial charge in [0, 0.05) is 6.54 Å². The molecule has 3 aliphatic rings. The molecule has 3 unspecified atom stereocenters. The first-order valence-corrected chi connectivity index (χ1v) is 9.15. The maximum Gasteiger partial charge on any atom is 0.418 e. The highest BCUT2D eigenvalue weighted by molar-refractivity contribution is 7.80. The predicted octanol–water partition coefficient (Wildman–Crippen LogP) is -0.303. The molecule has 0 spiro atoms. The van der Waals surface area contributed by atoms with E-state index in [2.05, 4.69) is 19.8 Å². The summed E-state index contributed by atoms with van der Waals surface area (Å²) in [5, 5.41) is 18.8. The van der Waals surface area contributed by atoms with Crippen LogP contribution in [0.2, 0.25) is 0 Å². The molecule has 2 bridgehead atoms. The standard InChI is InChI=1S/C12H18N6O6S/c13-10(15-11(19)8-2-1-5-14-16-8)9-4-3-7-6-17(9)12(20)18(7)24-25(21,22)23/h7-9H,1-6H2,(H2,13,15,19)(H,21,22,23). The van der Waals surface area contributed by atoms with Crippen molar-refractivity contribution in [3.05, 3.63) is 0 Å². The Kier molecular flexibility index (Phi) is 4.71. The van der Waals surface area contributed by atoms with Crippen molar-refractivity contribution < 1.29 is 26.8 Å². The Morgan fingerprint density at radius 1 is 1.36 bits per heavy atom. The Morgan fingerprint density at radius 3 is 2.76 bits per heavy atom. The molecule has 0 aromatic heterocycles. The fraction of sp³-hybridized carbons (Fsp3) is 0.750. The highest BCUT2D eigenvalue weighted by atomic mass is 32.3. The molecule has 25 heavy (non-hydrogen) atoms. The van der Waals surface area contributed by atoms with E-state index in [9.17, 15) is 18.0 Å². The Hall–Kier alpha value is -2.12. The molecule has 3 amide bonds. The van der Waals surface area contributed by atoms with E-state index in [1.807, 2.05) is 0 Å². The molecule has 0 radical (unpaired) electrons.